The zero-order chi connectivity index (χ0) is 14.7. The van der Waals surface area contributed by atoms with Crippen LogP contribution < -0.4 is 5.32 Å². The Morgan fingerprint density at radius 3 is 2.81 bits per heavy atom. The van der Waals surface area contributed by atoms with Crippen LogP contribution in [0.5, 0.6) is 0 Å². The first-order valence-electron chi connectivity index (χ1n) is 7.02. The van der Waals surface area contributed by atoms with Crippen molar-refractivity contribution in [3.63, 3.8) is 0 Å². The van der Waals surface area contributed by atoms with Crippen LogP contribution in [-0.2, 0) is 13.0 Å². The van der Waals surface area contributed by atoms with Crippen LogP contribution >= 0.6 is 0 Å². The maximum absolute atomic E-state index is 4.28. The van der Waals surface area contributed by atoms with Crippen molar-refractivity contribution < 1.29 is 0 Å². The van der Waals surface area contributed by atoms with Crippen molar-refractivity contribution in [2.24, 2.45) is 0 Å². The van der Waals surface area contributed by atoms with E-state index in [0.717, 1.165) is 29.3 Å². The third-order valence-electron chi connectivity index (χ3n) is 3.43. The van der Waals surface area contributed by atoms with E-state index < -0.39 is 0 Å². The Bertz CT molecular complexity index is 713. The molecule has 0 spiro atoms. The van der Waals surface area contributed by atoms with Gasteiger partial charge >= 0.3 is 0 Å². The Morgan fingerprint density at radius 2 is 2.05 bits per heavy atom. The molecule has 1 aromatic carbocycles. The van der Waals surface area contributed by atoms with Crippen LogP contribution in [0.3, 0.4) is 0 Å². The Balaban J connectivity index is 1.70. The number of hydrogen-bond acceptors (Lipinski definition) is 4. The van der Waals surface area contributed by atoms with Gasteiger partial charge in [0.2, 0.25) is 0 Å². The molecule has 108 valence electrons. The number of aryl methyl sites for hydroxylation is 1. The predicted octanol–water partition coefficient (Wildman–Crippen LogP) is 2.47. The van der Waals surface area contributed by atoms with Crippen LogP contribution in [0.1, 0.15) is 23.9 Å². The lowest BCUT2D eigenvalue weighted by atomic mass is 10.2. The molecule has 2 aromatic heterocycles. The van der Waals surface area contributed by atoms with Gasteiger partial charge in [-0.3, -0.25) is 5.10 Å². The number of aromatic nitrogens is 5. The maximum Gasteiger partial charge on any atom is 0.151 e. The first kappa shape index (κ1) is 13.4. The van der Waals surface area contributed by atoms with Gasteiger partial charge in [0.05, 0.1) is 18.4 Å². The Labute approximate surface area is 123 Å². The molecule has 0 atom stereocenters. The zero-order valence-corrected chi connectivity index (χ0v) is 12.2. The van der Waals surface area contributed by atoms with Crippen molar-refractivity contribution in [2.75, 3.05) is 5.32 Å². The summed E-state index contributed by atoms with van der Waals surface area (Å²) in [6.07, 6.45) is 2.87. The van der Waals surface area contributed by atoms with Gasteiger partial charge in [0.15, 0.2) is 5.82 Å². The summed E-state index contributed by atoms with van der Waals surface area (Å²) in [6.45, 7) is 4.75. The quantitative estimate of drug-likeness (QED) is 0.754. The molecule has 0 unspecified atom stereocenters. The van der Waals surface area contributed by atoms with Gasteiger partial charge in [-0.05, 0) is 25.5 Å². The largest absolute Gasteiger partial charge is 0.363 e. The average molecular weight is 282 g/mol. The van der Waals surface area contributed by atoms with Gasteiger partial charge in [0.25, 0.3) is 0 Å². The molecule has 0 amide bonds. The fourth-order valence-corrected chi connectivity index (χ4v) is 2.29. The topological polar surface area (TPSA) is 71.4 Å². The van der Waals surface area contributed by atoms with E-state index in [4.69, 9.17) is 0 Å². The Morgan fingerprint density at radius 1 is 1.24 bits per heavy atom. The summed E-state index contributed by atoms with van der Waals surface area (Å²) in [4.78, 5) is 0. The molecular formula is C15H18N6. The Kier molecular flexibility index (Phi) is 3.68. The third-order valence-corrected chi connectivity index (χ3v) is 3.43. The van der Waals surface area contributed by atoms with Crippen molar-refractivity contribution in [3.8, 4) is 5.69 Å². The van der Waals surface area contributed by atoms with Gasteiger partial charge < -0.3 is 5.32 Å². The normalized spacial score (nSPS) is 10.8. The lowest BCUT2D eigenvalue weighted by Gasteiger charge is -2.02. The molecule has 3 rings (SSSR count). The van der Waals surface area contributed by atoms with Crippen LogP contribution in [0.4, 0.5) is 5.82 Å². The number of nitrogens with zero attached hydrogens (tertiary/aromatic N) is 4. The number of anilines is 1. The number of hydrogen-bond donors (Lipinski definition) is 2. The molecule has 21 heavy (non-hydrogen) atoms. The number of nitrogens with one attached hydrogen (secondary N) is 2. The molecule has 6 heteroatoms. The first-order valence-corrected chi connectivity index (χ1v) is 7.02. The van der Waals surface area contributed by atoms with Gasteiger partial charge in [-0.2, -0.15) is 5.10 Å². The molecule has 3 aromatic rings. The molecule has 0 aliphatic rings. The number of benzene rings is 1. The van der Waals surface area contributed by atoms with Gasteiger partial charge in [-0.15, -0.1) is 5.10 Å². The second-order valence-corrected chi connectivity index (χ2v) is 4.87. The van der Waals surface area contributed by atoms with Crippen LogP contribution in [0.25, 0.3) is 5.69 Å². The van der Waals surface area contributed by atoms with E-state index in [0.29, 0.717) is 6.54 Å². The highest BCUT2D eigenvalue weighted by molar-refractivity contribution is 5.46. The predicted molar refractivity (Wildman–Crippen MR) is 81.4 cm³/mol. The van der Waals surface area contributed by atoms with Crippen LogP contribution in [0.2, 0.25) is 0 Å². The van der Waals surface area contributed by atoms with E-state index in [1.165, 1.54) is 5.56 Å². The second-order valence-electron chi connectivity index (χ2n) is 4.87. The summed E-state index contributed by atoms with van der Waals surface area (Å²) in [6, 6.07) is 9.94. The SMILES string of the molecule is CCc1c(NCc2cn(-c3ccccc3)nn2)n[nH]c1C. The standard InChI is InChI=1S/C15H18N6/c1-3-14-11(2)17-19-15(14)16-9-12-10-21(20-18-12)13-7-5-4-6-8-13/h4-8,10H,3,9H2,1-2H3,(H2,16,17,19). The van der Waals surface area contributed by atoms with Crippen LogP contribution in [0.15, 0.2) is 36.5 Å². The molecule has 0 fully saturated rings. The fraction of sp³-hybridized carbons (Fsp3) is 0.267. The van der Waals surface area contributed by atoms with Crippen molar-refractivity contribution in [3.05, 3.63) is 53.5 Å². The minimum atomic E-state index is 0.601. The summed E-state index contributed by atoms with van der Waals surface area (Å²) in [5, 5.41) is 18.9. The maximum atomic E-state index is 4.28. The molecule has 2 N–H and O–H groups in total. The highest BCUT2D eigenvalue weighted by Crippen LogP contribution is 2.17. The third kappa shape index (κ3) is 2.79. The molecular weight excluding hydrogens is 264 g/mol. The average Bonchev–Trinajstić information content (AvgIpc) is 3.12. The van der Waals surface area contributed by atoms with Crippen molar-refractivity contribution >= 4 is 5.82 Å². The van der Waals surface area contributed by atoms with Gasteiger partial charge in [-0.25, -0.2) is 4.68 Å². The van der Waals surface area contributed by atoms with Crippen LogP contribution in [0, 0.1) is 6.92 Å². The van der Waals surface area contributed by atoms with Gasteiger partial charge in [-0.1, -0.05) is 30.3 Å². The summed E-state index contributed by atoms with van der Waals surface area (Å²) in [7, 11) is 0. The van der Waals surface area contributed by atoms with E-state index in [2.05, 4.69) is 32.7 Å². The van der Waals surface area contributed by atoms with E-state index in [9.17, 15) is 0 Å². The van der Waals surface area contributed by atoms with Gasteiger partial charge in [0, 0.05) is 11.3 Å². The minimum Gasteiger partial charge on any atom is -0.363 e. The highest BCUT2D eigenvalue weighted by atomic mass is 15.4. The molecule has 2 heterocycles. The molecule has 0 radical (unpaired) electrons. The summed E-state index contributed by atoms with van der Waals surface area (Å²) < 4.78 is 1.77. The smallest absolute Gasteiger partial charge is 0.151 e. The lowest BCUT2D eigenvalue weighted by molar-refractivity contribution is 0.798. The molecule has 6 nitrogen and oxygen atoms in total. The van der Waals surface area contributed by atoms with Crippen molar-refractivity contribution in [1.82, 2.24) is 25.2 Å². The first-order chi connectivity index (χ1) is 10.3. The number of para-hydroxylation sites is 1. The fourth-order valence-electron chi connectivity index (χ4n) is 2.29. The highest BCUT2D eigenvalue weighted by Gasteiger charge is 2.09. The molecule has 0 aliphatic heterocycles. The van der Waals surface area contributed by atoms with E-state index in [1.807, 2.05) is 43.5 Å². The van der Waals surface area contributed by atoms with E-state index in [-0.39, 0.29) is 0 Å². The van der Waals surface area contributed by atoms with E-state index in [1.54, 1.807) is 4.68 Å². The second kappa shape index (κ2) is 5.78. The molecule has 0 saturated heterocycles. The number of rotatable bonds is 5. The lowest BCUT2D eigenvalue weighted by Crippen LogP contribution is -2.02. The summed E-state index contributed by atoms with van der Waals surface area (Å²) in [5.74, 6) is 0.893. The van der Waals surface area contributed by atoms with Crippen LogP contribution in [-0.4, -0.2) is 25.2 Å². The van der Waals surface area contributed by atoms with Crippen molar-refractivity contribution in [1.29, 1.82) is 0 Å². The number of H-pyrrole nitrogens is 1. The molecule has 0 bridgehead atoms. The van der Waals surface area contributed by atoms with E-state index >= 15 is 0 Å². The zero-order valence-electron chi connectivity index (χ0n) is 12.2. The van der Waals surface area contributed by atoms with Crippen molar-refractivity contribution in [2.45, 2.75) is 26.8 Å². The number of aromatic amines is 1. The monoisotopic (exact) mass is 282 g/mol. The molecule has 0 saturated carbocycles. The Hall–Kier alpha value is -2.63. The summed E-state index contributed by atoms with van der Waals surface area (Å²) in [5.41, 5.74) is 4.20. The summed E-state index contributed by atoms with van der Waals surface area (Å²) >= 11 is 0. The minimum absolute atomic E-state index is 0.601. The van der Waals surface area contributed by atoms with Gasteiger partial charge in [0.1, 0.15) is 5.69 Å². The molecule has 0 aliphatic carbocycles.